The Bertz CT molecular complexity index is 611. The number of amides is 1. The van der Waals surface area contributed by atoms with Crippen molar-refractivity contribution in [3.8, 4) is 5.75 Å². The molecule has 7 heteroatoms. The summed E-state index contributed by atoms with van der Waals surface area (Å²) in [6.07, 6.45) is 1.58. The van der Waals surface area contributed by atoms with E-state index in [0.717, 1.165) is 11.3 Å². The van der Waals surface area contributed by atoms with Gasteiger partial charge in [0.05, 0.1) is 25.9 Å². The number of carbonyl (C=O) groups excluding carboxylic acids is 1. The Morgan fingerprint density at radius 2 is 2.33 bits per heavy atom. The summed E-state index contributed by atoms with van der Waals surface area (Å²) in [5, 5.41) is 10.6. The highest BCUT2D eigenvalue weighted by Gasteiger charge is 2.15. The van der Waals surface area contributed by atoms with Gasteiger partial charge in [-0.25, -0.2) is 0 Å². The van der Waals surface area contributed by atoms with Gasteiger partial charge < -0.3 is 15.8 Å². The summed E-state index contributed by atoms with van der Waals surface area (Å²) in [6, 6.07) is 7.40. The highest BCUT2D eigenvalue weighted by molar-refractivity contribution is 5.92. The first kappa shape index (κ1) is 15.0. The summed E-state index contributed by atoms with van der Waals surface area (Å²) >= 11 is 0. The third-order valence-electron chi connectivity index (χ3n) is 3.07. The average Bonchev–Trinajstić information content (AvgIpc) is 2.96. The summed E-state index contributed by atoms with van der Waals surface area (Å²) in [4.78, 5) is 12.1. The van der Waals surface area contributed by atoms with E-state index in [2.05, 4.69) is 15.6 Å². The van der Waals surface area contributed by atoms with Crippen molar-refractivity contribution in [2.24, 2.45) is 5.73 Å². The molecule has 0 bridgehead atoms. The van der Waals surface area contributed by atoms with Crippen molar-refractivity contribution in [1.82, 2.24) is 20.3 Å². The van der Waals surface area contributed by atoms with Crippen molar-refractivity contribution < 1.29 is 9.53 Å². The van der Waals surface area contributed by atoms with Crippen LogP contribution in [0.4, 0.5) is 0 Å². The molecule has 112 valence electrons. The number of ether oxygens (including phenoxy) is 1. The maximum absolute atomic E-state index is 12.1. The molecular formula is C14H19N5O2. The molecule has 0 fully saturated rings. The van der Waals surface area contributed by atoms with Crippen LogP contribution in [0.5, 0.6) is 5.75 Å². The number of nitrogens with two attached hydrogens (primary N) is 1. The normalized spacial score (nSPS) is 12.0. The average molecular weight is 289 g/mol. The Kier molecular flexibility index (Phi) is 4.89. The van der Waals surface area contributed by atoms with Crippen LogP contribution in [0, 0.1) is 0 Å². The monoisotopic (exact) mass is 289 g/mol. The molecule has 21 heavy (non-hydrogen) atoms. The quantitative estimate of drug-likeness (QED) is 0.817. The first-order chi connectivity index (χ1) is 10.1. The van der Waals surface area contributed by atoms with Gasteiger partial charge in [0, 0.05) is 6.54 Å². The number of hydrogen-bond acceptors (Lipinski definition) is 5. The molecule has 2 rings (SSSR count). The molecular weight excluding hydrogens is 270 g/mol. The molecule has 0 spiro atoms. The number of benzene rings is 1. The topological polar surface area (TPSA) is 95.1 Å². The summed E-state index contributed by atoms with van der Waals surface area (Å²) in [5.41, 5.74) is 6.66. The van der Waals surface area contributed by atoms with Gasteiger partial charge >= 0.3 is 0 Å². The maximum Gasteiger partial charge on any atom is 0.273 e. The summed E-state index contributed by atoms with van der Waals surface area (Å²) in [6.45, 7) is 2.88. The molecule has 0 radical (unpaired) electrons. The fraction of sp³-hybridized carbons (Fsp3) is 0.357. The molecule has 0 saturated heterocycles. The van der Waals surface area contributed by atoms with E-state index in [-0.39, 0.29) is 17.6 Å². The van der Waals surface area contributed by atoms with Crippen LogP contribution in [0.25, 0.3) is 0 Å². The molecule has 2 aromatic rings. The van der Waals surface area contributed by atoms with Crippen molar-refractivity contribution in [2.45, 2.75) is 19.5 Å². The van der Waals surface area contributed by atoms with Crippen LogP contribution in [0.15, 0.2) is 30.5 Å². The Morgan fingerprint density at radius 3 is 3.05 bits per heavy atom. The van der Waals surface area contributed by atoms with Crippen LogP contribution >= 0.6 is 0 Å². The minimum atomic E-state index is -0.270. The van der Waals surface area contributed by atoms with Crippen LogP contribution in [0.2, 0.25) is 0 Å². The van der Waals surface area contributed by atoms with Gasteiger partial charge in [-0.3, -0.25) is 9.48 Å². The zero-order chi connectivity index (χ0) is 15.2. The lowest BCUT2D eigenvalue weighted by Gasteiger charge is -2.14. The second-order valence-electron chi connectivity index (χ2n) is 4.63. The van der Waals surface area contributed by atoms with Crippen molar-refractivity contribution >= 4 is 5.91 Å². The molecule has 0 aliphatic carbocycles. The maximum atomic E-state index is 12.1. The highest BCUT2D eigenvalue weighted by atomic mass is 16.5. The smallest absolute Gasteiger partial charge is 0.273 e. The van der Waals surface area contributed by atoms with E-state index in [1.54, 1.807) is 18.0 Å². The predicted molar refractivity (Wildman–Crippen MR) is 78.0 cm³/mol. The van der Waals surface area contributed by atoms with Crippen molar-refractivity contribution in [3.63, 3.8) is 0 Å². The van der Waals surface area contributed by atoms with E-state index in [1.807, 2.05) is 31.2 Å². The number of rotatable bonds is 6. The van der Waals surface area contributed by atoms with E-state index in [4.69, 9.17) is 10.5 Å². The van der Waals surface area contributed by atoms with Gasteiger partial charge in [-0.1, -0.05) is 17.3 Å². The number of nitrogens with one attached hydrogen (secondary N) is 1. The van der Waals surface area contributed by atoms with E-state index < -0.39 is 0 Å². The van der Waals surface area contributed by atoms with Crippen LogP contribution < -0.4 is 15.8 Å². The largest absolute Gasteiger partial charge is 0.497 e. The van der Waals surface area contributed by atoms with Crippen molar-refractivity contribution in [3.05, 3.63) is 41.7 Å². The Labute approximate surface area is 123 Å². The lowest BCUT2D eigenvalue weighted by Crippen LogP contribution is -2.27. The minimum Gasteiger partial charge on any atom is -0.497 e. The predicted octanol–water partition coefficient (Wildman–Crippen LogP) is 0.736. The first-order valence-corrected chi connectivity index (χ1v) is 6.69. The third kappa shape index (κ3) is 3.79. The Balaban J connectivity index is 2.03. The van der Waals surface area contributed by atoms with Gasteiger partial charge in [-0.2, -0.15) is 0 Å². The number of hydrogen-bond donors (Lipinski definition) is 2. The van der Waals surface area contributed by atoms with E-state index >= 15 is 0 Å². The van der Waals surface area contributed by atoms with Crippen molar-refractivity contribution in [2.75, 3.05) is 13.7 Å². The molecule has 7 nitrogen and oxygen atoms in total. The van der Waals surface area contributed by atoms with E-state index in [1.165, 1.54) is 0 Å². The van der Waals surface area contributed by atoms with Crippen LogP contribution in [0.1, 0.15) is 29.0 Å². The Morgan fingerprint density at radius 1 is 1.52 bits per heavy atom. The van der Waals surface area contributed by atoms with Crippen molar-refractivity contribution in [1.29, 1.82) is 0 Å². The van der Waals surface area contributed by atoms with Crippen LogP contribution in [0.3, 0.4) is 0 Å². The highest BCUT2D eigenvalue weighted by Crippen LogP contribution is 2.18. The number of methoxy groups -OCH3 is 1. The van der Waals surface area contributed by atoms with E-state index in [0.29, 0.717) is 13.1 Å². The van der Waals surface area contributed by atoms with Gasteiger partial charge in [-0.15, -0.1) is 5.10 Å². The lowest BCUT2D eigenvalue weighted by atomic mass is 10.1. The standard InChI is InChI=1S/C14H19N5O2/c1-10(11-4-3-5-12(8-11)21-2)16-14(20)13-9-19(7-6-15)18-17-13/h3-5,8-10H,6-7,15H2,1-2H3,(H,16,20). The van der Waals surface area contributed by atoms with Gasteiger partial charge in [0.15, 0.2) is 5.69 Å². The molecule has 0 aliphatic rings. The fourth-order valence-electron chi connectivity index (χ4n) is 1.91. The van der Waals surface area contributed by atoms with Gasteiger partial charge in [0.1, 0.15) is 5.75 Å². The summed E-state index contributed by atoms with van der Waals surface area (Å²) in [5.74, 6) is 0.482. The lowest BCUT2D eigenvalue weighted by molar-refractivity contribution is 0.0934. The molecule has 1 atom stereocenters. The number of carbonyl (C=O) groups is 1. The SMILES string of the molecule is COc1cccc(C(C)NC(=O)c2cn(CCN)nn2)c1. The minimum absolute atomic E-state index is 0.160. The van der Waals surface area contributed by atoms with E-state index in [9.17, 15) is 4.79 Å². The second-order valence-corrected chi connectivity index (χ2v) is 4.63. The molecule has 1 heterocycles. The Hall–Kier alpha value is -2.41. The molecule has 0 aliphatic heterocycles. The van der Waals surface area contributed by atoms with Crippen LogP contribution in [-0.2, 0) is 6.54 Å². The second kappa shape index (κ2) is 6.85. The molecule has 1 aromatic carbocycles. The zero-order valence-corrected chi connectivity index (χ0v) is 12.1. The molecule has 1 amide bonds. The number of nitrogens with zero attached hydrogens (tertiary/aromatic N) is 3. The fourth-order valence-corrected chi connectivity index (χ4v) is 1.91. The molecule has 3 N–H and O–H groups in total. The van der Waals surface area contributed by atoms with Gasteiger partial charge in [0.2, 0.25) is 0 Å². The van der Waals surface area contributed by atoms with Gasteiger partial charge in [-0.05, 0) is 24.6 Å². The molecule has 1 aromatic heterocycles. The molecule has 0 saturated carbocycles. The summed E-state index contributed by atoms with van der Waals surface area (Å²) < 4.78 is 6.72. The first-order valence-electron chi connectivity index (χ1n) is 6.69. The van der Waals surface area contributed by atoms with Crippen LogP contribution in [-0.4, -0.2) is 34.6 Å². The van der Waals surface area contributed by atoms with Gasteiger partial charge in [0.25, 0.3) is 5.91 Å². The zero-order valence-electron chi connectivity index (χ0n) is 12.1. The molecule has 1 unspecified atom stereocenters. The third-order valence-corrected chi connectivity index (χ3v) is 3.07. The summed E-state index contributed by atoms with van der Waals surface area (Å²) in [7, 11) is 1.61. The number of aromatic nitrogens is 3.